The van der Waals surface area contributed by atoms with E-state index in [1.54, 1.807) is 0 Å². The molecule has 3 nitrogen and oxygen atoms in total. The minimum atomic E-state index is 0.408. The van der Waals surface area contributed by atoms with Crippen LogP contribution in [0.2, 0.25) is 0 Å². The fourth-order valence-corrected chi connectivity index (χ4v) is 3.26. The Balaban J connectivity index is 1.72. The van der Waals surface area contributed by atoms with E-state index in [1.807, 2.05) is 36.9 Å². The van der Waals surface area contributed by atoms with Gasteiger partial charge in [0.05, 0.1) is 11.9 Å². The first-order chi connectivity index (χ1) is 10.9. The molecule has 3 heteroatoms. The van der Waals surface area contributed by atoms with Gasteiger partial charge in [-0.3, -0.25) is 9.97 Å². The fourth-order valence-electron chi connectivity index (χ4n) is 3.26. The minimum absolute atomic E-state index is 0.408. The topological polar surface area (TPSA) is 29.0 Å². The Kier molecular flexibility index (Phi) is 3.31. The first-order valence-corrected chi connectivity index (χ1v) is 7.58. The van der Waals surface area contributed by atoms with E-state index in [0.29, 0.717) is 6.04 Å². The van der Waals surface area contributed by atoms with Crippen molar-refractivity contribution in [2.45, 2.75) is 18.9 Å². The highest BCUT2D eigenvalue weighted by molar-refractivity contribution is 5.70. The summed E-state index contributed by atoms with van der Waals surface area (Å²) < 4.78 is 0. The second-order valence-corrected chi connectivity index (χ2v) is 5.63. The summed E-state index contributed by atoms with van der Waals surface area (Å²) in [5.41, 5.74) is 5.13. The molecule has 1 aliphatic heterocycles. The standard InChI is InChI=1S/C19H17N3/c1-2-8-19-16(6-1)12-18(11-15-5-3-9-20-13-15)22(19)17-7-4-10-21-14-17/h1-10,13-14,18H,11-12H2. The molecule has 3 heterocycles. The quantitative estimate of drug-likeness (QED) is 0.734. The zero-order valence-corrected chi connectivity index (χ0v) is 12.3. The zero-order chi connectivity index (χ0) is 14.8. The van der Waals surface area contributed by atoms with Gasteiger partial charge in [0.15, 0.2) is 0 Å². The fraction of sp³-hybridized carbons (Fsp3) is 0.158. The summed E-state index contributed by atoms with van der Waals surface area (Å²) in [7, 11) is 0. The lowest BCUT2D eigenvalue weighted by molar-refractivity contribution is 0.680. The highest BCUT2D eigenvalue weighted by Gasteiger charge is 2.30. The Bertz CT molecular complexity index is 756. The molecule has 0 radical (unpaired) electrons. The highest BCUT2D eigenvalue weighted by Crippen LogP contribution is 2.38. The number of aromatic nitrogens is 2. The van der Waals surface area contributed by atoms with E-state index in [-0.39, 0.29) is 0 Å². The van der Waals surface area contributed by atoms with Gasteiger partial charge in [0.1, 0.15) is 0 Å². The van der Waals surface area contributed by atoms with Crippen molar-refractivity contribution in [2.75, 3.05) is 4.90 Å². The van der Waals surface area contributed by atoms with Gasteiger partial charge in [0, 0.05) is 30.3 Å². The minimum Gasteiger partial charge on any atom is -0.336 e. The summed E-state index contributed by atoms with van der Waals surface area (Å²) >= 11 is 0. The Morgan fingerprint density at radius 2 is 1.73 bits per heavy atom. The second-order valence-electron chi connectivity index (χ2n) is 5.63. The molecule has 0 aliphatic carbocycles. The van der Waals surface area contributed by atoms with Crippen LogP contribution in [0.15, 0.2) is 73.3 Å². The predicted octanol–water partition coefficient (Wildman–Crippen LogP) is 3.78. The second kappa shape index (κ2) is 5.60. The SMILES string of the molecule is c1cncc(CC2Cc3ccccc3N2c2cccnc2)c1. The van der Waals surface area contributed by atoms with E-state index in [4.69, 9.17) is 0 Å². The van der Waals surface area contributed by atoms with Crippen LogP contribution in [0, 0.1) is 0 Å². The third-order valence-electron chi connectivity index (χ3n) is 4.19. The van der Waals surface area contributed by atoms with Crippen molar-refractivity contribution < 1.29 is 0 Å². The molecular formula is C19H17N3. The number of pyridine rings is 2. The monoisotopic (exact) mass is 287 g/mol. The van der Waals surface area contributed by atoms with Crippen molar-refractivity contribution in [2.24, 2.45) is 0 Å². The van der Waals surface area contributed by atoms with Crippen LogP contribution in [0.4, 0.5) is 11.4 Å². The molecule has 1 aliphatic rings. The van der Waals surface area contributed by atoms with Gasteiger partial charge in [0.2, 0.25) is 0 Å². The summed E-state index contributed by atoms with van der Waals surface area (Å²) in [6.07, 6.45) is 9.59. The third kappa shape index (κ3) is 2.35. The van der Waals surface area contributed by atoms with E-state index in [0.717, 1.165) is 18.5 Å². The third-order valence-corrected chi connectivity index (χ3v) is 4.19. The Labute approximate surface area is 130 Å². The van der Waals surface area contributed by atoms with E-state index in [9.17, 15) is 0 Å². The molecule has 0 saturated carbocycles. The summed E-state index contributed by atoms with van der Waals surface area (Å²) in [5.74, 6) is 0. The predicted molar refractivity (Wildman–Crippen MR) is 88.3 cm³/mol. The van der Waals surface area contributed by atoms with Gasteiger partial charge in [-0.05, 0) is 48.2 Å². The largest absolute Gasteiger partial charge is 0.336 e. The first-order valence-electron chi connectivity index (χ1n) is 7.58. The molecule has 0 saturated heterocycles. The van der Waals surface area contributed by atoms with Gasteiger partial charge < -0.3 is 4.90 Å². The lowest BCUT2D eigenvalue weighted by Crippen LogP contribution is -2.29. The van der Waals surface area contributed by atoms with Crippen LogP contribution in [-0.4, -0.2) is 16.0 Å². The van der Waals surface area contributed by atoms with Crippen LogP contribution in [0.5, 0.6) is 0 Å². The average molecular weight is 287 g/mol. The van der Waals surface area contributed by atoms with Gasteiger partial charge in [-0.2, -0.15) is 0 Å². The number of para-hydroxylation sites is 1. The number of fused-ring (bicyclic) bond motifs is 1. The summed E-state index contributed by atoms with van der Waals surface area (Å²) in [5, 5.41) is 0. The van der Waals surface area contributed by atoms with Gasteiger partial charge in [-0.15, -0.1) is 0 Å². The number of hydrogen-bond donors (Lipinski definition) is 0. The highest BCUT2D eigenvalue weighted by atomic mass is 15.2. The van der Waals surface area contributed by atoms with E-state index in [2.05, 4.69) is 51.3 Å². The molecule has 1 unspecified atom stereocenters. The van der Waals surface area contributed by atoms with Crippen LogP contribution in [-0.2, 0) is 12.8 Å². The summed E-state index contributed by atoms with van der Waals surface area (Å²) in [6.45, 7) is 0. The van der Waals surface area contributed by atoms with Crippen molar-refractivity contribution in [1.29, 1.82) is 0 Å². The van der Waals surface area contributed by atoms with E-state index in [1.165, 1.54) is 16.8 Å². The van der Waals surface area contributed by atoms with Crippen molar-refractivity contribution in [1.82, 2.24) is 9.97 Å². The van der Waals surface area contributed by atoms with Gasteiger partial charge in [-0.1, -0.05) is 24.3 Å². The van der Waals surface area contributed by atoms with Crippen molar-refractivity contribution in [3.63, 3.8) is 0 Å². The molecule has 0 N–H and O–H groups in total. The van der Waals surface area contributed by atoms with Crippen molar-refractivity contribution >= 4 is 11.4 Å². The first kappa shape index (κ1) is 13.0. The van der Waals surface area contributed by atoms with Crippen LogP contribution in [0.3, 0.4) is 0 Å². The lowest BCUT2D eigenvalue weighted by Gasteiger charge is -2.27. The van der Waals surface area contributed by atoms with E-state index < -0.39 is 0 Å². The van der Waals surface area contributed by atoms with Crippen molar-refractivity contribution in [3.05, 3.63) is 84.4 Å². The maximum absolute atomic E-state index is 4.29. The van der Waals surface area contributed by atoms with Crippen LogP contribution < -0.4 is 4.90 Å². The Morgan fingerprint density at radius 1 is 0.909 bits per heavy atom. The summed E-state index contributed by atoms with van der Waals surface area (Å²) in [6, 6.07) is 17.3. The molecule has 108 valence electrons. The van der Waals surface area contributed by atoms with Crippen molar-refractivity contribution in [3.8, 4) is 0 Å². The van der Waals surface area contributed by atoms with Gasteiger partial charge in [-0.25, -0.2) is 0 Å². The molecule has 0 spiro atoms. The smallest absolute Gasteiger partial charge is 0.0600 e. The Morgan fingerprint density at radius 3 is 2.50 bits per heavy atom. The maximum atomic E-state index is 4.29. The molecule has 0 amide bonds. The molecule has 0 fully saturated rings. The van der Waals surface area contributed by atoms with Gasteiger partial charge >= 0.3 is 0 Å². The molecule has 22 heavy (non-hydrogen) atoms. The summed E-state index contributed by atoms with van der Waals surface area (Å²) in [4.78, 5) is 10.9. The zero-order valence-electron chi connectivity index (χ0n) is 12.3. The van der Waals surface area contributed by atoms with E-state index >= 15 is 0 Å². The normalized spacial score (nSPS) is 16.5. The molecule has 1 aromatic carbocycles. The lowest BCUT2D eigenvalue weighted by atomic mass is 10.0. The molecule has 4 rings (SSSR count). The molecular weight excluding hydrogens is 270 g/mol. The van der Waals surface area contributed by atoms with Crippen LogP contribution in [0.1, 0.15) is 11.1 Å². The van der Waals surface area contributed by atoms with Gasteiger partial charge in [0.25, 0.3) is 0 Å². The number of nitrogens with zero attached hydrogens (tertiary/aromatic N) is 3. The number of hydrogen-bond acceptors (Lipinski definition) is 3. The van der Waals surface area contributed by atoms with Crippen LogP contribution in [0.25, 0.3) is 0 Å². The Hall–Kier alpha value is -2.68. The number of benzene rings is 1. The average Bonchev–Trinajstić information content (AvgIpc) is 2.94. The molecule has 2 aromatic heterocycles. The molecule has 1 atom stereocenters. The molecule has 0 bridgehead atoms. The number of rotatable bonds is 3. The molecule has 3 aromatic rings. The van der Waals surface area contributed by atoms with Crippen LogP contribution >= 0.6 is 0 Å². The maximum Gasteiger partial charge on any atom is 0.0600 e. The number of anilines is 2.